The molecule has 8 nitrogen and oxygen atoms in total. The van der Waals surface area contributed by atoms with Crippen LogP contribution in [-0.4, -0.2) is 26.7 Å². The number of cyclic esters (lactones) is 1. The Kier molecular flexibility index (Phi) is 1.11. The van der Waals surface area contributed by atoms with Crippen molar-refractivity contribution in [2.24, 2.45) is 10.2 Å². The monoisotopic (exact) mass is 153 g/mol. The van der Waals surface area contributed by atoms with Gasteiger partial charge < -0.3 is 4.74 Å². The highest BCUT2D eigenvalue weighted by Gasteiger charge is 2.27. The number of carbonyl (C=O) groups is 1. The molecule has 8 heteroatoms. The lowest BCUT2D eigenvalue weighted by molar-refractivity contribution is 0.181. The zero-order valence-corrected chi connectivity index (χ0v) is 5.05. The summed E-state index contributed by atoms with van der Waals surface area (Å²) in [6.07, 6.45) is -0.781. The Hall–Kier alpha value is -1.86. The van der Waals surface area contributed by atoms with Crippen molar-refractivity contribution in [2.45, 2.75) is 0 Å². The Morgan fingerprint density at radius 3 is 2.82 bits per heavy atom. The van der Waals surface area contributed by atoms with Crippen LogP contribution in [0.2, 0.25) is 0 Å². The molecule has 0 unspecified atom stereocenters. The number of aromatic amines is 1. The zero-order valence-electron chi connectivity index (χ0n) is 5.05. The molecule has 0 atom stereocenters. The van der Waals surface area contributed by atoms with E-state index in [1.54, 1.807) is 0 Å². The van der Waals surface area contributed by atoms with E-state index in [9.17, 15) is 4.79 Å². The number of nitrogens with one attached hydrogen (secondary N) is 1. The quantitative estimate of drug-likeness (QED) is 0.592. The lowest BCUT2D eigenvalue weighted by Crippen LogP contribution is -2.01. The molecular formula is C3HN6O2. The van der Waals surface area contributed by atoms with Crippen LogP contribution >= 0.6 is 0 Å². The number of H-pyrrole nitrogens is 1. The van der Waals surface area contributed by atoms with Crippen molar-refractivity contribution in [3.63, 3.8) is 0 Å². The first-order valence-electron chi connectivity index (χ1n) is 2.61. The van der Waals surface area contributed by atoms with Crippen molar-refractivity contribution in [1.29, 1.82) is 0 Å². The van der Waals surface area contributed by atoms with Gasteiger partial charge in [0.25, 0.3) is 0 Å². The summed E-state index contributed by atoms with van der Waals surface area (Å²) >= 11 is 0. The van der Waals surface area contributed by atoms with Gasteiger partial charge >= 0.3 is 12.3 Å². The van der Waals surface area contributed by atoms with E-state index < -0.39 is 6.09 Å². The van der Waals surface area contributed by atoms with E-state index in [1.807, 2.05) is 0 Å². The Morgan fingerprint density at radius 1 is 1.36 bits per heavy atom. The molecule has 0 saturated heterocycles. The second-order valence-corrected chi connectivity index (χ2v) is 1.62. The number of ether oxygens (including phenoxy) is 1. The van der Waals surface area contributed by atoms with Gasteiger partial charge in [0.05, 0.1) is 0 Å². The molecule has 0 fully saturated rings. The maximum absolute atomic E-state index is 10.4. The minimum atomic E-state index is -0.767. The summed E-state index contributed by atoms with van der Waals surface area (Å²) in [7, 11) is 0. The maximum atomic E-state index is 10.4. The number of nitrogens with zero attached hydrogens (tertiary/aromatic N) is 5. The number of rotatable bonds is 1. The van der Waals surface area contributed by atoms with E-state index in [2.05, 4.69) is 35.6 Å². The summed E-state index contributed by atoms with van der Waals surface area (Å²) < 4.78 is 4.48. The van der Waals surface area contributed by atoms with Crippen molar-refractivity contribution in [3.05, 3.63) is 12.1 Å². The topological polar surface area (TPSA) is 105 Å². The number of tetrazole rings is 1. The average molecular weight is 153 g/mol. The highest BCUT2D eigenvalue weighted by molar-refractivity contribution is 5.70. The summed E-state index contributed by atoms with van der Waals surface area (Å²) in [4.78, 5) is 10.4. The first kappa shape index (κ1) is 5.89. The summed E-state index contributed by atoms with van der Waals surface area (Å²) in [5.74, 6) is 0.180. The van der Waals surface area contributed by atoms with Gasteiger partial charge in [-0.2, -0.15) is 0 Å². The second-order valence-electron chi connectivity index (χ2n) is 1.62. The summed E-state index contributed by atoms with van der Waals surface area (Å²) in [5, 5.41) is 18.8. The van der Waals surface area contributed by atoms with Crippen LogP contribution in [0.5, 0.6) is 0 Å². The third kappa shape index (κ3) is 0.933. The second kappa shape index (κ2) is 2.08. The highest BCUT2D eigenvalue weighted by atomic mass is 16.6. The molecule has 1 radical (unpaired) electrons. The molecular weight excluding hydrogens is 152 g/mol. The van der Waals surface area contributed by atoms with Crippen molar-refractivity contribution in [1.82, 2.24) is 20.6 Å². The Balaban J connectivity index is 2.21. The van der Waals surface area contributed by atoms with Crippen LogP contribution in [0.25, 0.3) is 0 Å². The SMILES string of the molecule is O=C1N=N[C](c2nnn[nH]2)O1. The largest absolute Gasteiger partial charge is 0.455 e. The number of aromatic nitrogens is 4. The smallest absolute Gasteiger partial charge is 0.401 e. The normalized spacial score (nSPS) is 17.3. The van der Waals surface area contributed by atoms with Crippen molar-refractivity contribution >= 4 is 6.09 Å². The molecule has 0 aromatic carbocycles. The van der Waals surface area contributed by atoms with Gasteiger partial charge in [-0.3, -0.25) is 0 Å². The summed E-state index contributed by atoms with van der Waals surface area (Å²) in [6, 6.07) is 0. The van der Waals surface area contributed by atoms with Crippen LogP contribution in [0.3, 0.4) is 0 Å². The molecule has 0 bridgehead atoms. The van der Waals surface area contributed by atoms with E-state index in [-0.39, 0.29) is 12.1 Å². The third-order valence-corrected chi connectivity index (χ3v) is 0.954. The molecule has 2 heterocycles. The van der Waals surface area contributed by atoms with Crippen molar-refractivity contribution in [2.75, 3.05) is 0 Å². The summed E-state index contributed by atoms with van der Waals surface area (Å²) in [5.41, 5.74) is 0. The van der Waals surface area contributed by atoms with Gasteiger partial charge in [-0.25, -0.2) is 9.89 Å². The number of hydrogen-bond donors (Lipinski definition) is 1. The summed E-state index contributed by atoms with van der Waals surface area (Å²) in [6.45, 7) is 0. The first-order chi connectivity index (χ1) is 5.36. The predicted octanol–water partition coefficient (Wildman–Crippen LogP) is -0.360. The van der Waals surface area contributed by atoms with E-state index in [0.717, 1.165) is 0 Å². The molecule has 0 aliphatic carbocycles. The lowest BCUT2D eigenvalue weighted by Gasteiger charge is -1.93. The Bertz CT molecular complexity index is 291. The van der Waals surface area contributed by atoms with Crippen molar-refractivity contribution < 1.29 is 9.53 Å². The molecule has 1 aromatic heterocycles. The molecule has 11 heavy (non-hydrogen) atoms. The van der Waals surface area contributed by atoms with E-state index >= 15 is 0 Å². The fourth-order valence-corrected chi connectivity index (χ4v) is 0.555. The third-order valence-electron chi connectivity index (χ3n) is 0.954. The molecule has 1 N–H and O–H groups in total. The molecule has 1 aliphatic heterocycles. The number of carbonyl (C=O) groups excluding carboxylic acids is 1. The van der Waals surface area contributed by atoms with Crippen LogP contribution < -0.4 is 0 Å². The van der Waals surface area contributed by atoms with Gasteiger partial charge in [0.2, 0.25) is 5.82 Å². The lowest BCUT2D eigenvalue weighted by atomic mass is 10.6. The van der Waals surface area contributed by atoms with Gasteiger partial charge in [-0.1, -0.05) is 5.11 Å². The molecule has 1 amide bonds. The molecule has 1 aliphatic rings. The van der Waals surface area contributed by atoms with Crippen LogP contribution in [0, 0.1) is 6.23 Å². The Labute approximate surface area is 59.7 Å². The molecule has 0 spiro atoms. The van der Waals surface area contributed by atoms with Crippen molar-refractivity contribution in [3.8, 4) is 0 Å². The number of azo groups is 1. The van der Waals surface area contributed by atoms with E-state index in [0.29, 0.717) is 0 Å². The molecule has 1 aromatic rings. The minimum absolute atomic E-state index is 0.0139. The molecule has 2 rings (SSSR count). The van der Waals surface area contributed by atoms with E-state index in [1.165, 1.54) is 0 Å². The number of amides is 1. The molecule has 0 saturated carbocycles. The molecule has 55 valence electrons. The minimum Gasteiger partial charge on any atom is -0.401 e. The number of hydrogen-bond acceptors (Lipinski definition) is 6. The average Bonchev–Trinajstić information content (AvgIpc) is 2.55. The van der Waals surface area contributed by atoms with E-state index in [4.69, 9.17) is 0 Å². The first-order valence-corrected chi connectivity index (χ1v) is 2.61. The fourth-order valence-electron chi connectivity index (χ4n) is 0.555. The zero-order chi connectivity index (χ0) is 7.68. The van der Waals surface area contributed by atoms with Gasteiger partial charge in [0.15, 0.2) is 0 Å². The van der Waals surface area contributed by atoms with Gasteiger partial charge in [0, 0.05) is 0 Å². The Morgan fingerprint density at radius 2 is 2.27 bits per heavy atom. The van der Waals surface area contributed by atoms with Gasteiger partial charge in [0.1, 0.15) is 0 Å². The maximum Gasteiger partial charge on any atom is 0.455 e. The van der Waals surface area contributed by atoms with Crippen LogP contribution in [0.15, 0.2) is 10.2 Å². The highest BCUT2D eigenvalue weighted by Crippen LogP contribution is 2.18. The standard InChI is InChI=1S/C3HN6O2/c10-3-7-6-2(11-3)1-4-8-9-5-1/h(H,4,5,8,9). The predicted molar refractivity (Wildman–Crippen MR) is 27.9 cm³/mol. The fraction of sp³-hybridized carbons (Fsp3) is 0. The van der Waals surface area contributed by atoms with Crippen LogP contribution in [-0.2, 0) is 4.74 Å². The van der Waals surface area contributed by atoms with Gasteiger partial charge in [-0.05, 0) is 10.4 Å². The van der Waals surface area contributed by atoms with Crippen LogP contribution in [0.4, 0.5) is 4.79 Å². The van der Waals surface area contributed by atoms with Crippen LogP contribution in [0.1, 0.15) is 5.82 Å². The van der Waals surface area contributed by atoms with Gasteiger partial charge in [-0.15, -0.1) is 10.2 Å².